The van der Waals surface area contributed by atoms with E-state index >= 15 is 0 Å². The Hall–Kier alpha value is -1.98. The quantitative estimate of drug-likeness (QED) is 0.685. The number of nitrogens with zero attached hydrogens (tertiary/aromatic N) is 1. The third kappa shape index (κ3) is 2.82. The molecule has 0 fully saturated rings. The van der Waals surface area contributed by atoms with Crippen LogP contribution in [0.2, 0.25) is 0 Å². The molecule has 0 radical (unpaired) electrons. The van der Waals surface area contributed by atoms with Crippen molar-refractivity contribution >= 4 is 25.8 Å². The lowest BCUT2D eigenvalue weighted by Gasteiger charge is -2.09. The van der Waals surface area contributed by atoms with E-state index in [0.29, 0.717) is 0 Å². The maximum absolute atomic E-state index is 12.7. The number of hydrogen-bond acceptors (Lipinski definition) is 3. The third-order valence-corrected chi connectivity index (χ3v) is 5.70. The molecule has 1 aromatic heterocycles. The Labute approximate surface area is 137 Å². The van der Waals surface area contributed by atoms with E-state index in [1.165, 1.54) is 0 Å². The van der Waals surface area contributed by atoms with Gasteiger partial charge in [-0.15, -0.1) is 0 Å². The van der Waals surface area contributed by atoms with E-state index in [9.17, 15) is 8.42 Å². The fraction of sp³-hybridized carbons (Fsp3) is 0. The van der Waals surface area contributed by atoms with Crippen molar-refractivity contribution in [1.82, 2.24) is 4.98 Å². The van der Waals surface area contributed by atoms with E-state index in [2.05, 4.69) is 20.9 Å². The molecule has 0 bridgehead atoms. The molecule has 0 saturated carbocycles. The maximum Gasteiger partial charge on any atom is 0.206 e. The van der Waals surface area contributed by atoms with Crippen LogP contribution in [0.1, 0.15) is 0 Å². The summed E-state index contributed by atoms with van der Waals surface area (Å²) in [6.45, 7) is 0. The van der Waals surface area contributed by atoms with Crippen molar-refractivity contribution in [3.05, 3.63) is 77.4 Å². The summed E-state index contributed by atoms with van der Waals surface area (Å²) in [5.41, 5.74) is 1.47. The van der Waals surface area contributed by atoms with Crippen molar-refractivity contribution < 1.29 is 8.42 Å². The molecule has 0 aliphatic carbocycles. The lowest BCUT2D eigenvalue weighted by molar-refractivity contribution is 0.596. The molecule has 3 aromatic rings. The van der Waals surface area contributed by atoms with Crippen molar-refractivity contribution in [3.8, 4) is 11.3 Å². The highest BCUT2D eigenvalue weighted by atomic mass is 79.9. The van der Waals surface area contributed by atoms with Crippen molar-refractivity contribution in [2.24, 2.45) is 0 Å². The minimum atomic E-state index is -3.53. The van der Waals surface area contributed by atoms with E-state index in [1.54, 1.807) is 54.7 Å². The SMILES string of the molecule is O=S(=O)(c1ccccc1)c1ccc(Br)c(-c2ccccn2)c1. The molecule has 5 heteroatoms. The number of pyridine rings is 1. The molecule has 0 atom stereocenters. The summed E-state index contributed by atoms with van der Waals surface area (Å²) in [6, 6.07) is 18.9. The van der Waals surface area contributed by atoms with Crippen molar-refractivity contribution in [3.63, 3.8) is 0 Å². The smallest absolute Gasteiger partial charge is 0.206 e. The highest BCUT2D eigenvalue weighted by molar-refractivity contribution is 9.10. The van der Waals surface area contributed by atoms with Gasteiger partial charge < -0.3 is 0 Å². The van der Waals surface area contributed by atoms with Crippen LogP contribution in [0, 0.1) is 0 Å². The molecule has 3 rings (SSSR count). The first-order chi connectivity index (χ1) is 10.6. The number of hydrogen-bond donors (Lipinski definition) is 0. The van der Waals surface area contributed by atoms with Crippen LogP contribution in [-0.4, -0.2) is 13.4 Å². The molecule has 1 heterocycles. The van der Waals surface area contributed by atoms with Crippen LogP contribution < -0.4 is 0 Å². The van der Waals surface area contributed by atoms with Gasteiger partial charge in [-0.3, -0.25) is 4.98 Å². The van der Waals surface area contributed by atoms with Gasteiger partial charge in [0.15, 0.2) is 0 Å². The van der Waals surface area contributed by atoms with Gasteiger partial charge in [0.1, 0.15) is 0 Å². The monoisotopic (exact) mass is 373 g/mol. The third-order valence-electron chi connectivity index (χ3n) is 3.24. The lowest BCUT2D eigenvalue weighted by Crippen LogP contribution is -2.02. The summed E-state index contributed by atoms with van der Waals surface area (Å²) in [7, 11) is -3.53. The second-order valence-electron chi connectivity index (χ2n) is 4.67. The van der Waals surface area contributed by atoms with Crippen LogP contribution in [0.5, 0.6) is 0 Å². The van der Waals surface area contributed by atoms with Crippen LogP contribution in [0.3, 0.4) is 0 Å². The van der Waals surface area contributed by atoms with Gasteiger partial charge in [-0.25, -0.2) is 8.42 Å². The predicted octanol–water partition coefficient (Wildman–Crippen LogP) is 4.34. The Morgan fingerprint density at radius 3 is 2.23 bits per heavy atom. The first-order valence-corrected chi connectivity index (χ1v) is 8.88. The van der Waals surface area contributed by atoms with Gasteiger partial charge in [0, 0.05) is 16.2 Å². The van der Waals surface area contributed by atoms with Gasteiger partial charge in [-0.2, -0.15) is 0 Å². The molecule has 0 aliphatic heterocycles. The van der Waals surface area contributed by atoms with Crippen LogP contribution in [0.4, 0.5) is 0 Å². The molecular formula is C17H12BrNO2S. The summed E-state index contributed by atoms with van der Waals surface area (Å²) in [4.78, 5) is 4.82. The zero-order valence-corrected chi connectivity index (χ0v) is 13.9. The van der Waals surface area contributed by atoms with Crippen LogP contribution >= 0.6 is 15.9 Å². The summed E-state index contributed by atoms with van der Waals surface area (Å²) in [6.07, 6.45) is 1.68. The van der Waals surface area contributed by atoms with E-state index in [1.807, 2.05) is 18.2 Å². The Bertz CT molecular complexity index is 894. The molecule has 2 aromatic carbocycles. The molecule has 0 spiro atoms. The maximum atomic E-state index is 12.7. The van der Waals surface area contributed by atoms with E-state index in [4.69, 9.17) is 0 Å². The minimum absolute atomic E-state index is 0.252. The number of halogens is 1. The summed E-state index contributed by atoms with van der Waals surface area (Å²) in [5, 5.41) is 0. The van der Waals surface area contributed by atoms with Gasteiger partial charge in [0.05, 0.1) is 15.5 Å². The molecule has 110 valence electrons. The van der Waals surface area contributed by atoms with Crippen LogP contribution in [-0.2, 0) is 9.84 Å². The zero-order valence-electron chi connectivity index (χ0n) is 11.5. The van der Waals surface area contributed by atoms with Gasteiger partial charge in [-0.1, -0.05) is 40.2 Å². The van der Waals surface area contributed by atoms with Crippen molar-refractivity contribution in [1.29, 1.82) is 0 Å². The molecule has 0 unspecified atom stereocenters. The van der Waals surface area contributed by atoms with E-state index in [-0.39, 0.29) is 9.79 Å². The Morgan fingerprint density at radius 1 is 0.818 bits per heavy atom. The zero-order chi connectivity index (χ0) is 15.6. The Balaban J connectivity index is 2.14. The number of benzene rings is 2. The highest BCUT2D eigenvalue weighted by Gasteiger charge is 2.19. The van der Waals surface area contributed by atoms with Crippen molar-refractivity contribution in [2.75, 3.05) is 0 Å². The molecule has 22 heavy (non-hydrogen) atoms. The molecule has 3 nitrogen and oxygen atoms in total. The largest absolute Gasteiger partial charge is 0.256 e. The fourth-order valence-corrected chi connectivity index (χ4v) is 3.88. The number of rotatable bonds is 3. The second-order valence-corrected chi connectivity index (χ2v) is 7.48. The molecular weight excluding hydrogens is 362 g/mol. The van der Waals surface area contributed by atoms with Gasteiger partial charge in [0.25, 0.3) is 0 Å². The van der Waals surface area contributed by atoms with Crippen molar-refractivity contribution in [2.45, 2.75) is 9.79 Å². The standard InChI is InChI=1S/C17H12BrNO2S/c18-16-10-9-14(12-15(16)17-8-4-5-11-19-17)22(20,21)13-6-2-1-3-7-13/h1-12H. The van der Waals surface area contributed by atoms with Gasteiger partial charge in [0.2, 0.25) is 9.84 Å². The first-order valence-electron chi connectivity index (χ1n) is 6.60. The number of sulfone groups is 1. The van der Waals surface area contributed by atoms with Crippen LogP contribution in [0.15, 0.2) is 87.2 Å². The molecule has 0 aliphatic rings. The second kappa shape index (κ2) is 6.02. The first kappa shape index (κ1) is 14.9. The van der Waals surface area contributed by atoms with Crippen LogP contribution in [0.25, 0.3) is 11.3 Å². The van der Waals surface area contributed by atoms with E-state index < -0.39 is 9.84 Å². The Kier molecular flexibility index (Phi) is 4.09. The molecule has 0 N–H and O–H groups in total. The summed E-state index contributed by atoms with van der Waals surface area (Å²) >= 11 is 3.46. The minimum Gasteiger partial charge on any atom is -0.256 e. The average molecular weight is 374 g/mol. The molecule has 0 amide bonds. The predicted molar refractivity (Wildman–Crippen MR) is 89.3 cm³/mol. The van der Waals surface area contributed by atoms with Gasteiger partial charge >= 0.3 is 0 Å². The highest BCUT2D eigenvalue weighted by Crippen LogP contribution is 2.31. The van der Waals surface area contributed by atoms with E-state index in [0.717, 1.165) is 15.7 Å². The normalized spacial score (nSPS) is 11.3. The number of aromatic nitrogens is 1. The summed E-state index contributed by atoms with van der Waals surface area (Å²) in [5.74, 6) is 0. The lowest BCUT2D eigenvalue weighted by atomic mass is 10.1. The summed E-state index contributed by atoms with van der Waals surface area (Å²) < 4.78 is 26.2. The molecule has 0 saturated heterocycles. The average Bonchev–Trinajstić information content (AvgIpc) is 2.57. The Morgan fingerprint density at radius 2 is 1.55 bits per heavy atom. The topological polar surface area (TPSA) is 47.0 Å². The van der Waals surface area contributed by atoms with Gasteiger partial charge in [-0.05, 0) is 42.5 Å². The fourth-order valence-electron chi connectivity index (χ4n) is 2.13.